The van der Waals surface area contributed by atoms with Crippen LogP contribution in [-0.2, 0) is 21.2 Å². The first-order valence-corrected chi connectivity index (χ1v) is 10.5. The van der Waals surface area contributed by atoms with Crippen LogP contribution >= 0.6 is 23.2 Å². The minimum Gasteiger partial charge on any atom is -0.354 e. The summed E-state index contributed by atoms with van der Waals surface area (Å²) in [5.74, 6) is -0.388. The van der Waals surface area contributed by atoms with E-state index in [9.17, 15) is 13.2 Å². The lowest BCUT2D eigenvalue weighted by Crippen LogP contribution is -2.41. The Kier molecular flexibility index (Phi) is 6.92. The van der Waals surface area contributed by atoms with Crippen molar-refractivity contribution in [1.29, 1.82) is 0 Å². The maximum Gasteiger partial charge on any atom is 0.240 e. The Morgan fingerprint density at radius 1 is 1.12 bits per heavy atom. The Bertz CT molecular complexity index is 884. The summed E-state index contributed by atoms with van der Waals surface area (Å²) in [7, 11) is -3.63. The molecule has 0 unspecified atom stereocenters. The molecule has 0 aromatic heterocycles. The lowest BCUT2D eigenvalue weighted by molar-refractivity contribution is -0.119. The Morgan fingerprint density at radius 3 is 2.35 bits per heavy atom. The van der Waals surface area contributed by atoms with Gasteiger partial charge in [-0.15, -0.1) is 0 Å². The van der Waals surface area contributed by atoms with E-state index in [1.165, 1.54) is 0 Å². The smallest absolute Gasteiger partial charge is 0.240 e. The summed E-state index contributed by atoms with van der Waals surface area (Å²) in [6.45, 7) is 1.91. The average Bonchev–Trinajstić information content (AvgIpc) is 2.56. The van der Waals surface area contributed by atoms with E-state index >= 15 is 0 Å². The Labute approximate surface area is 164 Å². The number of hydrogen-bond donors (Lipinski definition) is 1. The van der Waals surface area contributed by atoms with Gasteiger partial charge < -0.3 is 5.32 Å². The SMILES string of the molecule is Cc1ccc(N(CC(=O)NCCc2ccc(Cl)cc2)S(C)(=O)=O)cc1Cl. The molecule has 5 nitrogen and oxygen atoms in total. The number of halogens is 2. The molecule has 140 valence electrons. The number of hydrogen-bond acceptors (Lipinski definition) is 3. The molecule has 0 aliphatic rings. The molecule has 0 aliphatic carbocycles. The summed E-state index contributed by atoms with van der Waals surface area (Å²) >= 11 is 11.9. The van der Waals surface area contributed by atoms with Crippen molar-refractivity contribution in [3.8, 4) is 0 Å². The summed E-state index contributed by atoms with van der Waals surface area (Å²) in [6, 6.07) is 12.2. The van der Waals surface area contributed by atoms with E-state index in [0.717, 1.165) is 21.7 Å². The van der Waals surface area contributed by atoms with E-state index in [4.69, 9.17) is 23.2 Å². The van der Waals surface area contributed by atoms with Gasteiger partial charge in [0.2, 0.25) is 15.9 Å². The van der Waals surface area contributed by atoms with Crippen LogP contribution in [-0.4, -0.2) is 33.7 Å². The zero-order chi connectivity index (χ0) is 19.3. The van der Waals surface area contributed by atoms with Crippen molar-refractivity contribution in [2.75, 3.05) is 23.7 Å². The van der Waals surface area contributed by atoms with Gasteiger partial charge in [0.05, 0.1) is 11.9 Å². The third-order valence-corrected chi connectivity index (χ3v) is 5.58. The fourth-order valence-electron chi connectivity index (χ4n) is 2.32. The van der Waals surface area contributed by atoms with Gasteiger partial charge in [-0.05, 0) is 48.7 Å². The number of nitrogens with zero attached hydrogens (tertiary/aromatic N) is 1. The molecule has 0 radical (unpaired) electrons. The van der Waals surface area contributed by atoms with Crippen LogP contribution in [0.15, 0.2) is 42.5 Å². The molecule has 0 aliphatic heterocycles. The zero-order valence-corrected chi connectivity index (χ0v) is 16.8. The standard InChI is InChI=1S/C18H20Cl2N2O3S/c1-13-3-8-16(11-17(13)20)22(26(2,24)25)12-18(23)21-10-9-14-4-6-15(19)7-5-14/h3-8,11H,9-10,12H2,1-2H3,(H,21,23). The largest absolute Gasteiger partial charge is 0.354 e. The summed E-state index contributed by atoms with van der Waals surface area (Å²) < 4.78 is 25.2. The van der Waals surface area contributed by atoms with E-state index in [1.54, 1.807) is 30.3 Å². The first-order valence-electron chi connectivity index (χ1n) is 7.92. The highest BCUT2D eigenvalue weighted by Crippen LogP contribution is 2.24. The predicted octanol–water partition coefficient (Wildman–Crippen LogP) is 3.43. The van der Waals surface area contributed by atoms with Gasteiger partial charge >= 0.3 is 0 Å². The molecule has 0 heterocycles. The molecule has 2 aromatic carbocycles. The van der Waals surface area contributed by atoms with Crippen LogP contribution in [0.3, 0.4) is 0 Å². The first kappa shape index (κ1) is 20.6. The van der Waals surface area contributed by atoms with Crippen molar-refractivity contribution in [3.63, 3.8) is 0 Å². The van der Waals surface area contributed by atoms with Crippen LogP contribution in [0.2, 0.25) is 10.0 Å². The van der Waals surface area contributed by atoms with Gasteiger partial charge in [-0.3, -0.25) is 9.10 Å². The molecule has 2 aromatic rings. The van der Waals surface area contributed by atoms with Crippen molar-refractivity contribution in [2.24, 2.45) is 0 Å². The van der Waals surface area contributed by atoms with Gasteiger partial charge in [0, 0.05) is 16.6 Å². The number of amides is 1. The van der Waals surface area contributed by atoms with Gasteiger partial charge in [-0.1, -0.05) is 41.4 Å². The second kappa shape index (κ2) is 8.75. The molecule has 0 bridgehead atoms. The van der Waals surface area contributed by atoms with Gasteiger partial charge in [0.15, 0.2) is 0 Å². The molecule has 0 fully saturated rings. The Hall–Kier alpha value is -1.76. The van der Waals surface area contributed by atoms with Crippen LogP contribution in [0, 0.1) is 6.92 Å². The molecule has 2 rings (SSSR count). The Balaban J connectivity index is 2.00. The number of carbonyl (C=O) groups excluding carboxylic acids is 1. The van der Waals surface area contributed by atoms with E-state index in [1.807, 2.05) is 19.1 Å². The Morgan fingerprint density at radius 2 is 1.77 bits per heavy atom. The minimum atomic E-state index is -3.63. The maximum atomic E-state index is 12.2. The van der Waals surface area contributed by atoms with Crippen LogP contribution in [0.25, 0.3) is 0 Å². The number of aryl methyl sites for hydroxylation is 1. The molecule has 0 saturated heterocycles. The van der Waals surface area contributed by atoms with E-state index < -0.39 is 10.0 Å². The third kappa shape index (κ3) is 5.90. The summed E-state index contributed by atoms with van der Waals surface area (Å²) in [5, 5.41) is 3.83. The van der Waals surface area contributed by atoms with E-state index in [0.29, 0.717) is 28.7 Å². The van der Waals surface area contributed by atoms with E-state index in [-0.39, 0.29) is 12.5 Å². The van der Waals surface area contributed by atoms with Crippen molar-refractivity contribution in [2.45, 2.75) is 13.3 Å². The monoisotopic (exact) mass is 414 g/mol. The molecule has 26 heavy (non-hydrogen) atoms. The van der Waals surface area contributed by atoms with Gasteiger partial charge in [-0.2, -0.15) is 0 Å². The number of anilines is 1. The fourth-order valence-corrected chi connectivity index (χ4v) is 3.47. The fraction of sp³-hybridized carbons (Fsp3) is 0.278. The number of benzene rings is 2. The molecule has 0 saturated carbocycles. The quantitative estimate of drug-likeness (QED) is 0.754. The number of rotatable bonds is 7. The molecule has 0 spiro atoms. The molecular weight excluding hydrogens is 395 g/mol. The van der Waals surface area contributed by atoms with Crippen LogP contribution < -0.4 is 9.62 Å². The molecule has 8 heteroatoms. The van der Waals surface area contributed by atoms with Gasteiger partial charge in [-0.25, -0.2) is 8.42 Å². The second-order valence-corrected chi connectivity index (χ2v) is 8.68. The van der Waals surface area contributed by atoms with E-state index in [2.05, 4.69) is 5.32 Å². The highest BCUT2D eigenvalue weighted by molar-refractivity contribution is 7.92. The first-order chi connectivity index (χ1) is 12.2. The number of carbonyl (C=O) groups is 1. The topological polar surface area (TPSA) is 66.5 Å². The predicted molar refractivity (Wildman–Crippen MR) is 107 cm³/mol. The second-order valence-electron chi connectivity index (χ2n) is 5.93. The van der Waals surface area contributed by atoms with Gasteiger partial charge in [0.25, 0.3) is 0 Å². The van der Waals surface area contributed by atoms with Crippen LogP contribution in [0.1, 0.15) is 11.1 Å². The zero-order valence-electron chi connectivity index (χ0n) is 14.5. The summed E-state index contributed by atoms with van der Waals surface area (Å²) in [6.07, 6.45) is 1.68. The summed E-state index contributed by atoms with van der Waals surface area (Å²) in [4.78, 5) is 12.2. The minimum absolute atomic E-state index is 0.307. The number of sulfonamides is 1. The lowest BCUT2D eigenvalue weighted by atomic mass is 10.1. The number of nitrogens with one attached hydrogen (secondary N) is 1. The van der Waals surface area contributed by atoms with Crippen LogP contribution in [0.5, 0.6) is 0 Å². The molecule has 1 N–H and O–H groups in total. The normalized spacial score (nSPS) is 11.2. The molecule has 1 amide bonds. The highest BCUT2D eigenvalue weighted by Gasteiger charge is 2.21. The maximum absolute atomic E-state index is 12.2. The van der Waals surface area contributed by atoms with Crippen molar-refractivity contribution >= 4 is 44.8 Å². The third-order valence-electron chi connectivity index (χ3n) is 3.78. The van der Waals surface area contributed by atoms with Crippen molar-refractivity contribution in [3.05, 3.63) is 63.6 Å². The molecule has 0 atom stereocenters. The summed E-state index contributed by atoms with van der Waals surface area (Å²) in [5.41, 5.74) is 2.22. The van der Waals surface area contributed by atoms with Gasteiger partial charge in [0.1, 0.15) is 6.54 Å². The lowest BCUT2D eigenvalue weighted by Gasteiger charge is -2.22. The molecular formula is C18H20Cl2N2O3S. The highest BCUT2D eigenvalue weighted by atomic mass is 35.5. The van der Waals surface area contributed by atoms with Crippen molar-refractivity contribution in [1.82, 2.24) is 5.32 Å². The average molecular weight is 415 g/mol. The van der Waals surface area contributed by atoms with Crippen molar-refractivity contribution < 1.29 is 13.2 Å². The van der Waals surface area contributed by atoms with Crippen LogP contribution in [0.4, 0.5) is 5.69 Å².